The molecule has 2 rings (SSSR count). The van der Waals surface area contributed by atoms with Crippen molar-refractivity contribution in [2.24, 2.45) is 5.84 Å². The molecule has 6 nitrogen and oxygen atoms in total. The summed E-state index contributed by atoms with van der Waals surface area (Å²) in [6.07, 6.45) is 1.53. The SMILES string of the molecule is COc1cnc(C(NN)c2ccccc2Br)c(OC)n1. The molecule has 0 aliphatic heterocycles. The normalized spacial score (nSPS) is 12.0. The highest BCUT2D eigenvalue weighted by atomic mass is 79.9. The highest BCUT2D eigenvalue weighted by Gasteiger charge is 2.22. The largest absolute Gasteiger partial charge is 0.480 e. The first-order chi connectivity index (χ1) is 9.71. The summed E-state index contributed by atoms with van der Waals surface area (Å²) >= 11 is 3.50. The minimum atomic E-state index is -0.348. The van der Waals surface area contributed by atoms with E-state index in [0.717, 1.165) is 10.0 Å². The maximum atomic E-state index is 5.67. The summed E-state index contributed by atoms with van der Waals surface area (Å²) in [4.78, 5) is 8.55. The number of nitrogens with one attached hydrogen (secondary N) is 1. The summed E-state index contributed by atoms with van der Waals surface area (Å²) in [5, 5.41) is 0. The van der Waals surface area contributed by atoms with Crippen molar-refractivity contribution < 1.29 is 9.47 Å². The van der Waals surface area contributed by atoms with Gasteiger partial charge >= 0.3 is 0 Å². The molecule has 3 N–H and O–H groups in total. The van der Waals surface area contributed by atoms with E-state index in [-0.39, 0.29) is 6.04 Å². The first-order valence-corrected chi connectivity index (χ1v) is 6.66. The molecular formula is C13H15BrN4O2. The van der Waals surface area contributed by atoms with Crippen LogP contribution in [0.4, 0.5) is 0 Å². The van der Waals surface area contributed by atoms with Gasteiger partial charge in [-0.05, 0) is 11.6 Å². The van der Waals surface area contributed by atoms with Gasteiger partial charge in [-0.3, -0.25) is 5.84 Å². The average Bonchev–Trinajstić information content (AvgIpc) is 2.50. The van der Waals surface area contributed by atoms with Crippen molar-refractivity contribution in [3.63, 3.8) is 0 Å². The molecule has 0 aliphatic rings. The Morgan fingerprint density at radius 3 is 2.60 bits per heavy atom. The number of benzene rings is 1. The topological polar surface area (TPSA) is 82.3 Å². The summed E-state index contributed by atoms with van der Waals surface area (Å²) in [5.74, 6) is 6.42. The lowest BCUT2D eigenvalue weighted by Crippen LogP contribution is -2.30. The lowest BCUT2D eigenvalue weighted by molar-refractivity contribution is 0.352. The van der Waals surface area contributed by atoms with Crippen LogP contribution in [0, 0.1) is 0 Å². The number of nitrogens with zero attached hydrogens (tertiary/aromatic N) is 2. The molecule has 0 spiro atoms. The molecule has 1 unspecified atom stereocenters. The van der Waals surface area contributed by atoms with E-state index in [4.69, 9.17) is 15.3 Å². The number of hydrogen-bond donors (Lipinski definition) is 2. The van der Waals surface area contributed by atoms with E-state index in [1.165, 1.54) is 20.4 Å². The lowest BCUT2D eigenvalue weighted by atomic mass is 10.0. The van der Waals surface area contributed by atoms with E-state index in [1.807, 2.05) is 24.3 Å². The molecule has 7 heteroatoms. The number of ether oxygens (including phenoxy) is 2. The van der Waals surface area contributed by atoms with Crippen LogP contribution >= 0.6 is 15.9 Å². The number of methoxy groups -OCH3 is 2. The molecule has 1 aromatic heterocycles. The van der Waals surface area contributed by atoms with Gasteiger partial charge in [0.1, 0.15) is 5.69 Å². The molecule has 1 heterocycles. The van der Waals surface area contributed by atoms with Crippen LogP contribution in [0.1, 0.15) is 17.3 Å². The number of hydrazine groups is 1. The van der Waals surface area contributed by atoms with Gasteiger partial charge in [-0.2, -0.15) is 4.98 Å². The van der Waals surface area contributed by atoms with Crippen LogP contribution in [0.2, 0.25) is 0 Å². The molecule has 1 aromatic carbocycles. The average molecular weight is 339 g/mol. The van der Waals surface area contributed by atoms with Crippen LogP contribution in [0.3, 0.4) is 0 Å². The van der Waals surface area contributed by atoms with Crippen LogP contribution in [0.25, 0.3) is 0 Å². The fourth-order valence-electron chi connectivity index (χ4n) is 1.84. The zero-order valence-electron chi connectivity index (χ0n) is 11.1. The predicted molar refractivity (Wildman–Crippen MR) is 78.4 cm³/mol. The van der Waals surface area contributed by atoms with Crippen LogP contribution in [0.5, 0.6) is 11.8 Å². The molecule has 0 radical (unpaired) electrons. The van der Waals surface area contributed by atoms with E-state index in [0.29, 0.717) is 17.5 Å². The number of aromatic nitrogens is 2. The van der Waals surface area contributed by atoms with Crippen LogP contribution in [-0.4, -0.2) is 24.2 Å². The Kier molecular flexibility index (Phi) is 4.89. The van der Waals surface area contributed by atoms with Crippen LogP contribution in [-0.2, 0) is 0 Å². The van der Waals surface area contributed by atoms with Gasteiger partial charge in [0.05, 0.1) is 26.5 Å². The highest BCUT2D eigenvalue weighted by Crippen LogP contribution is 2.31. The van der Waals surface area contributed by atoms with E-state index in [1.54, 1.807) is 0 Å². The third-order valence-corrected chi connectivity index (χ3v) is 3.53. The maximum absolute atomic E-state index is 5.67. The predicted octanol–water partition coefficient (Wildman–Crippen LogP) is 1.81. The summed E-state index contributed by atoms with van der Waals surface area (Å²) in [6.45, 7) is 0. The first kappa shape index (κ1) is 14.7. The second-order valence-electron chi connectivity index (χ2n) is 3.93. The first-order valence-electron chi connectivity index (χ1n) is 5.86. The minimum absolute atomic E-state index is 0.348. The fraction of sp³-hybridized carbons (Fsp3) is 0.231. The van der Waals surface area contributed by atoms with E-state index in [2.05, 4.69) is 31.3 Å². The van der Waals surface area contributed by atoms with Gasteiger partial charge in [0, 0.05) is 4.47 Å². The zero-order valence-corrected chi connectivity index (χ0v) is 12.7. The fourth-order valence-corrected chi connectivity index (χ4v) is 2.35. The molecule has 1 atom stereocenters. The molecular weight excluding hydrogens is 324 g/mol. The highest BCUT2D eigenvalue weighted by molar-refractivity contribution is 9.10. The molecule has 0 saturated heterocycles. The van der Waals surface area contributed by atoms with Crippen molar-refractivity contribution in [3.05, 3.63) is 46.2 Å². The van der Waals surface area contributed by atoms with Crippen molar-refractivity contribution >= 4 is 15.9 Å². The van der Waals surface area contributed by atoms with Gasteiger partial charge in [0.15, 0.2) is 0 Å². The summed E-state index contributed by atoms with van der Waals surface area (Å²) < 4.78 is 11.2. The molecule has 0 amide bonds. The molecule has 106 valence electrons. The monoisotopic (exact) mass is 338 g/mol. The van der Waals surface area contributed by atoms with Gasteiger partial charge in [-0.1, -0.05) is 34.1 Å². The maximum Gasteiger partial charge on any atom is 0.240 e. The minimum Gasteiger partial charge on any atom is -0.480 e. The third kappa shape index (κ3) is 2.90. The second-order valence-corrected chi connectivity index (χ2v) is 4.78. The molecule has 2 aromatic rings. The Labute approximate surface area is 125 Å². The van der Waals surface area contributed by atoms with Crippen molar-refractivity contribution in [1.82, 2.24) is 15.4 Å². The quantitative estimate of drug-likeness (QED) is 0.639. The Morgan fingerprint density at radius 2 is 2.00 bits per heavy atom. The van der Waals surface area contributed by atoms with Gasteiger partial charge in [0.2, 0.25) is 11.8 Å². The molecule has 20 heavy (non-hydrogen) atoms. The smallest absolute Gasteiger partial charge is 0.240 e. The lowest BCUT2D eigenvalue weighted by Gasteiger charge is -2.19. The zero-order chi connectivity index (χ0) is 14.5. The van der Waals surface area contributed by atoms with Crippen molar-refractivity contribution in [3.8, 4) is 11.8 Å². The van der Waals surface area contributed by atoms with E-state index in [9.17, 15) is 0 Å². The van der Waals surface area contributed by atoms with Gasteiger partial charge in [-0.25, -0.2) is 10.4 Å². The van der Waals surface area contributed by atoms with Crippen molar-refractivity contribution in [2.45, 2.75) is 6.04 Å². The van der Waals surface area contributed by atoms with E-state index < -0.39 is 0 Å². The third-order valence-electron chi connectivity index (χ3n) is 2.80. The Morgan fingerprint density at radius 1 is 1.25 bits per heavy atom. The second kappa shape index (κ2) is 6.65. The van der Waals surface area contributed by atoms with E-state index >= 15 is 0 Å². The van der Waals surface area contributed by atoms with Gasteiger partial charge in [0.25, 0.3) is 0 Å². The van der Waals surface area contributed by atoms with Gasteiger partial charge < -0.3 is 9.47 Å². The number of rotatable bonds is 5. The molecule has 0 fully saturated rings. The molecule has 0 bridgehead atoms. The Balaban J connectivity index is 2.49. The Hall–Kier alpha value is -1.70. The standard InChI is InChI=1S/C13H15BrN4O2/c1-19-10-7-16-12(13(17-10)20-2)11(18-15)8-5-3-4-6-9(8)14/h3-7,11,18H,15H2,1-2H3. The number of nitrogens with two attached hydrogens (primary N) is 1. The Bertz CT molecular complexity index is 594. The molecule has 0 saturated carbocycles. The summed E-state index contributed by atoms with van der Waals surface area (Å²) in [7, 11) is 3.05. The van der Waals surface area contributed by atoms with Gasteiger partial charge in [-0.15, -0.1) is 0 Å². The van der Waals surface area contributed by atoms with Crippen molar-refractivity contribution in [2.75, 3.05) is 14.2 Å². The summed E-state index contributed by atoms with van der Waals surface area (Å²) in [6, 6.07) is 7.38. The number of halogens is 1. The van der Waals surface area contributed by atoms with Crippen LogP contribution < -0.4 is 20.7 Å². The molecule has 0 aliphatic carbocycles. The van der Waals surface area contributed by atoms with Crippen LogP contribution in [0.15, 0.2) is 34.9 Å². The summed E-state index contributed by atoms with van der Waals surface area (Å²) in [5.41, 5.74) is 4.26. The van der Waals surface area contributed by atoms with Crippen molar-refractivity contribution in [1.29, 1.82) is 0 Å². The number of hydrogen-bond acceptors (Lipinski definition) is 6.